The molecular formula is C16H18N2O5S. The van der Waals surface area contributed by atoms with Gasteiger partial charge in [-0.1, -0.05) is 0 Å². The third-order valence-electron chi connectivity index (χ3n) is 3.24. The van der Waals surface area contributed by atoms with Crippen molar-refractivity contribution >= 4 is 15.7 Å². The van der Waals surface area contributed by atoms with Crippen molar-refractivity contribution in [2.75, 3.05) is 20.3 Å². The number of hydrogen-bond donors (Lipinski definition) is 2. The predicted octanol–water partition coefficient (Wildman–Crippen LogP) is 2.41. The Kier molecular flexibility index (Phi) is 6.02. The second-order valence-corrected chi connectivity index (χ2v) is 6.97. The van der Waals surface area contributed by atoms with Crippen LogP contribution in [0.5, 0.6) is 0 Å². The second-order valence-electron chi connectivity index (χ2n) is 4.92. The molecule has 0 amide bonds. The number of carbonyl (C=O) groups is 1. The van der Waals surface area contributed by atoms with Crippen LogP contribution >= 0.6 is 0 Å². The van der Waals surface area contributed by atoms with Gasteiger partial charge < -0.3 is 14.6 Å². The van der Waals surface area contributed by atoms with Crippen molar-refractivity contribution in [1.82, 2.24) is 4.98 Å². The number of carboxylic acid groups (broad SMARTS) is 1. The highest BCUT2D eigenvalue weighted by molar-refractivity contribution is 7.92. The van der Waals surface area contributed by atoms with Crippen molar-refractivity contribution in [1.29, 1.82) is 4.78 Å². The first-order chi connectivity index (χ1) is 11.4. The normalized spacial score (nSPS) is 13.4. The first-order valence-corrected chi connectivity index (χ1v) is 8.65. The van der Waals surface area contributed by atoms with E-state index in [-0.39, 0.29) is 15.4 Å². The molecule has 0 fully saturated rings. The molecular weight excluding hydrogens is 332 g/mol. The standard InChI is InChI=1S/C16H18N2O5S/c1-22-8-9-23-11-13-4-7-15(10-18-13)24(17,21)14-5-2-12(3-6-14)16(19)20/h2-7,10,17H,8-9,11H2,1H3,(H,19,20). The molecule has 1 atom stereocenters. The third kappa shape index (κ3) is 4.38. The molecule has 0 bridgehead atoms. The van der Waals surface area contributed by atoms with Gasteiger partial charge in [-0.3, -0.25) is 4.98 Å². The van der Waals surface area contributed by atoms with E-state index < -0.39 is 15.7 Å². The zero-order valence-corrected chi connectivity index (χ0v) is 13.9. The zero-order valence-electron chi connectivity index (χ0n) is 13.1. The lowest BCUT2D eigenvalue weighted by atomic mass is 10.2. The van der Waals surface area contributed by atoms with Crippen LogP contribution in [0.15, 0.2) is 52.4 Å². The average Bonchev–Trinajstić information content (AvgIpc) is 2.59. The summed E-state index contributed by atoms with van der Waals surface area (Å²) in [6.07, 6.45) is 1.38. The molecule has 8 heteroatoms. The van der Waals surface area contributed by atoms with Crippen LogP contribution in [-0.4, -0.2) is 40.6 Å². The summed E-state index contributed by atoms with van der Waals surface area (Å²) in [5.74, 6) is -1.07. The Morgan fingerprint density at radius 3 is 2.38 bits per heavy atom. The fourth-order valence-electron chi connectivity index (χ4n) is 1.91. The lowest BCUT2D eigenvalue weighted by molar-refractivity contribution is 0.0602. The van der Waals surface area contributed by atoms with Gasteiger partial charge in [0, 0.05) is 13.3 Å². The van der Waals surface area contributed by atoms with Crippen molar-refractivity contribution in [3.63, 3.8) is 0 Å². The second kappa shape index (κ2) is 8.00. The molecule has 0 aliphatic rings. The van der Waals surface area contributed by atoms with Crippen LogP contribution in [0, 0.1) is 4.78 Å². The highest BCUT2D eigenvalue weighted by Crippen LogP contribution is 2.21. The van der Waals surface area contributed by atoms with Gasteiger partial charge in [0.2, 0.25) is 0 Å². The number of pyridine rings is 1. The van der Waals surface area contributed by atoms with Crippen LogP contribution in [0.2, 0.25) is 0 Å². The number of rotatable bonds is 8. The number of benzene rings is 1. The lowest BCUT2D eigenvalue weighted by Gasteiger charge is -2.09. The topological polar surface area (TPSA) is 110 Å². The summed E-state index contributed by atoms with van der Waals surface area (Å²) in [7, 11) is -1.66. The number of aromatic carboxylic acids is 1. The molecule has 1 aromatic carbocycles. The molecule has 2 rings (SSSR count). The van der Waals surface area contributed by atoms with Crippen molar-refractivity contribution in [3.8, 4) is 0 Å². The molecule has 0 aliphatic heterocycles. The molecule has 0 saturated heterocycles. The van der Waals surface area contributed by atoms with E-state index in [2.05, 4.69) is 4.98 Å². The molecule has 24 heavy (non-hydrogen) atoms. The van der Waals surface area contributed by atoms with E-state index in [0.717, 1.165) is 0 Å². The predicted molar refractivity (Wildman–Crippen MR) is 86.6 cm³/mol. The number of hydrogen-bond acceptors (Lipinski definition) is 6. The number of aromatic nitrogens is 1. The van der Waals surface area contributed by atoms with Crippen molar-refractivity contribution in [3.05, 3.63) is 53.9 Å². The summed E-state index contributed by atoms with van der Waals surface area (Å²) >= 11 is 0. The molecule has 0 radical (unpaired) electrons. The van der Waals surface area contributed by atoms with Crippen molar-refractivity contribution < 1.29 is 23.6 Å². The van der Waals surface area contributed by atoms with Gasteiger partial charge in [-0.2, -0.15) is 0 Å². The van der Waals surface area contributed by atoms with E-state index in [1.165, 1.54) is 30.5 Å². The van der Waals surface area contributed by atoms with E-state index >= 15 is 0 Å². The summed E-state index contributed by atoms with van der Waals surface area (Å²) in [6, 6.07) is 8.67. The minimum Gasteiger partial charge on any atom is -0.478 e. The quantitative estimate of drug-likeness (QED) is 0.708. The molecule has 0 saturated carbocycles. The number of methoxy groups -OCH3 is 1. The van der Waals surface area contributed by atoms with E-state index in [4.69, 9.17) is 19.4 Å². The monoisotopic (exact) mass is 350 g/mol. The van der Waals surface area contributed by atoms with Crippen LogP contribution in [0.25, 0.3) is 0 Å². The molecule has 0 aliphatic carbocycles. The van der Waals surface area contributed by atoms with Gasteiger partial charge in [0.1, 0.15) is 9.73 Å². The van der Waals surface area contributed by atoms with E-state index in [9.17, 15) is 9.00 Å². The van der Waals surface area contributed by atoms with Crippen LogP contribution in [0.1, 0.15) is 16.1 Å². The van der Waals surface area contributed by atoms with E-state index in [1.807, 2.05) is 0 Å². The summed E-state index contributed by atoms with van der Waals surface area (Å²) < 4.78 is 31.1. The molecule has 2 N–H and O–H groups in total. The maximum Gasteiger partial charge on any atom is 0.335 e. The Hall–Kier alpha value is -2.29. The zero-order chi connectivity index (χ0) is 17.6. The summed E-state index contributed by atoms with van der Waals surface area (Å²) in [4.78, 5) is 15.5. The molecule has 1 unspecified atom stereocenters. The smallest absolute Gasteiger partial charge is 0.335 e. The average molecular weight is 350 g/mol. The minimum atomic E-state index is -3.24. The maximum atomic E-state index is 12.7. The highest BCUT2D eigenvalue weighted by atomic mass is 32.2. The third-order valence-corrected chi connectivity index (χ3v) is 5.09. The van der Waals surface area contributed by atoms with Gasteiger partial charge in [-0.25, -0.2) is 13.8 Å². The Labute approximate surface area is 140 Å². The van der Waals surface area contributed by atoms with Crippen LogP contribution in [-0.2, 0) is 25.8 Å². The van der Waals surface area contributed by atoms with Gasteiger partial charge in [-0.15, -0.1) is 0 Å². The van der Waals surface area contributed by atoms with Gasteiger partial charge in [0.15, 0.2) is 0 Å². The Morgan fingerprint density at radius 1 is 1.17 bits per heavy atom. The fraction of sp³-hybridized carbons (Fsp3) is 0.250. The SMILES string of the molecule is COCCOCc1ccc(S(=N)(=O)c2ccc(C(=O)O)cc2)cn1. The largest absolute Gasteiger partial charge is 0.478 e. The molecule has 7 nitrogen and oxygen atoms in total. The fourth-order valence-corrected chi connectivity index (χ4v) is 3.16. The first kappa shape index (κ1) is 18.1. The Morgan fingerprint density at radius 2 is 1.83 bits per heavy atom. The minimum absolute atomic E-state index is 0.0793. The summed E-state index contributed by atoms with van der Waals surface area (Å²) in [5, 5.41) is 8.88. The molecule has 128 valence electrons. The molecule has 1 heterocycles. The number of carboxylic acids is 1. The van der Waals surface area contributed by atoms with Crippen molar-refractivity contribution in [2.24, 2.45) is 0 Å². The summed E-state index contributed by atoms with van der Waals surface area (Å²) in [6.45, 7) is 1.24. The van der Waals surface area contributed by atoms with E-state index in [0.29, 0.717) is 25.5 Å². The molecule has 2 aromatic rings. The Balaban J connectivity index is 2.13. The van der Waals surface area contributed by atoms with Crippen molar-refractivity contribution in [2.45, 2.75) is 16.4 Å². The van der Waals surface area contributed by atoms with Crippen LogP contribution in [0.3, 0.4) is 0 Å². The number of ether oxygens (including phenoxy) is 2. The molecule has 0 spiro atoms. The first-order valence-electron chi connectivity index (χ1n) is 7.09. The van der Waals surface area contributed by atoms with Gasteiger partial charge in [-0.05, 0) is 36.4 Å². The van der Waals surface area contributed by atoms with E-state index in [1.54, 1.807) is 19.2 Å². The lowest BCUT2D eigenvalue weighted by Crippen LogP contribution is -2.05. The maximum absolute atomic E-state index is 12.7. The molecule has 1 aromatic heterocycles. The Bertz CT molecular complexity index is 786. The highest BCUT2D eigenvalue weighted by Gasteiger charge is 2.15. The van der Waals surface area contributed by atoms with Gasteiger partial charge in [0.25, 0.3) is 0 Å². The summed E-state index contributed by atoms with van der Waals surface area (Å²) in [5.41, 5.74) is 0.738. The van der Waals surface area contributed by atoms with Crippen LogP contribution in [0.4, 0.5) is 0 Å². The van der Waals surface area contributed by atoms with Crippen LogP contribution < -0.4 is 0 Å². The van der Waals surface area contributed by atoms with Gasteiger partial charge >= 0.3 is 5.97 Å². The number of nitrogens with zero attached hydrogens (tertiary/aromatic N) is 1. The van der Waals surface area contributed by atoms with Gasteiger partial charge in [0.05, 0.1) is 40.9 Å². The number of nitrogens with one attached hydrogen (secondary N) is 1.